The molecule has 10 heteroatoms. The number of amides is 1. The number of anilines is 3. The molecular weight excluding hydrogens is 397 g/mol. The van der Waals surface area contributed by atoms with E-state index in [1.54, 1.807) is 30.6 Å². The van der Waals surface area contributed by atoms with Crippen LogP contribution in [0.25, 0.3) is 0 Å². The normalized spacial score (nSPS) is 11.0. The molecule has 7 nitrogen and oxygen atoms in total. The number of benzene rings is 1. The van der Waals surface area contributed by atoms with Crippen LogP contribution in [0.1, 0.15) is 11.1 Å². The second kappa shape index (κ2) is 9.68. The molecular formula is C20H19F3N6O. The summed E-state index contributed by atoms with van der Waals surface area (Å²) in [5, 5.41) is 16.8. The van der Waals surface area contributed by atoms with E-state index < -0.39 is 11.7 Å². The lowest BCUT2D eigenvalue weighted by Gasteiger charge is -2.10. The molecule has 2 heterocycles. The Morgan fingerprint density at radius 3 is 2.47 bits per heavy atom. The number of halogens is 3. The number of nitrogens with zero attached hydrogens (tertiary/aromatic N) is 3. The first-order valence-corrected chi connectivity index (χ1v) is 9.07. The van der Waals surface area contributed by atoms with Crippen molar-refractivity contribution in [1.82, 2.24) is 20.5 Å². The molecule has 0 spiro atoms. The van der Waals surface area contributed by atoms with E-state index in [-0.39, 0.29) is 18.9 Å². The van der Waals surface area contributed by atoms with Crippen molar-refractivity contribution < 1.29 is 18.0 Å². The molecule has 0 aliphatic carbocycles. The zero-order chi connectivity index (χ0) is 21.4. The number of aromatic nitrogens is 3. The summed E-state index contributed by atoms with van der Waals surface area (Å²) in [6.07, 6.45) is -1.23. The molecule has 0 fully saturated rings. The van der Waals surface area contributed by atoms with Gasteiger partial charge in [0, 0.05) is 19.3 Å². The number of pyridine rings is 1. The van der Waals surface area contributed by atoms with Crippen molar-refractivity contribution in [3.63, 3.8) is 0 Å². The molecule has 1 aromatic carbocycles. The summed E-state index contributed by atoms with van der Waals surface area (Å²) >= 11 is 0. The Hall–Kier alpha value is -3.69. The molecule has 0 aliphatic heterocycles. The predicted octanol–water partition coefficient (Wildman–Crippen LogP) is 3.40. The first-order chi connectivity index (χ1) is 14.4. The topological polar surface area (TPSA) is 91.8 Å². The van der Waals surface area contributed by atoms with Crippen molar-refractivity contribution in [3.05, 3.63) is 72.1 Å². The Morgan fingerprint density at radius 2 is 1.77 bits per heavy atom. The Kier molecular flexibility index (Phi) is 6.79. The van der Waals surface area contributed by atoms with Crippen molar-refractivity contribution in [3.8, 4) is 0 Å². The van der Waals surface area contributed by atoms with Crippen LogP contribution in [0.5, 0.6) is 0 Å². The summed E-state index contributed by atoms with van der Waals surface area (Å²) in [6, 6.07) is 11.9. The fourth-order valence-corrected chi connectivity index (χ4v) is 2.58. The first kappa shape index (κ1) is 21.0. The monoisotopic (exact) mass is 416 g/mol. The molecule has 156 valence electrons. The van der Waals surface area contributed by atoms with Gasteiger partial charge in [-0.1, -0.05) is 18.2 Å². The molecule has 0 saturated carbocycles. The van der Waals surface area contributed by atoms with Crippen LogP contribution < -0.4 is 16.0 Å². The van der Waals surface area contributed by atoms with Crippen LogP contribution in [0, 0.1) is 0 Å². The lowest BCUT2D eigenvalue weighted by Crippen LogP contribution is -2.30. The SMILES string of the molecule is O=C(Cc1cccc(C(F)(F)F)c1)NCCNc1ccc(Nc2cccnc2)nn1. The van der Waals surface area contributed by atoms with Gasteiger partial charge in [-0.15, -0.1) is 10.2 Å². The molecule has 0 radical (unpaired) electrons. The largest absolute Gasteiger partial charge is 0.416 e. The van der Waals surface area contributed by atoms with Crippen LogP contribution in [0.15, 0.2) is 60.9 Å². The van der Waals surface area contributed by atoms with Crippen molar-refractivity contribution in [2.24, 2.45) is 0 Å². The van der Waals surface area contributed by atoms with Crippen molar-refractivity contribution in [2.45, 2.75) is 12.6 Å². The Labute approximate surface area is 170 Å². The minimum absolute atomic E-state index is 0.127. The van der Waals surface area contributed by atoms with Gasteiger partial charge in [-0.3, -0.25) is 9.78 Å². The van der Waals surface area contributed by atoms with Gasteiger partial charge in [0.2, 0.25) is 5.91 Å². The molecule has 3 N–H and O–H groups in total. The second-order valence-electron chi connectivity index (χ2n) is 6.32. The Morgan fingerprint density at radius 1 is 0.967 bits per heavy atom. The minimum atomic E-state index is -4.43. The molecule has 3 rings (SSSR count). The fraction of sp³-hybridized carbons (Fsp3) is 0.200. The van der Waals surface area contributed by atoms with E-state index in [1.807, 2.05) is 6.07 Å². The highest BCUT2D eigenvalue weighted by Gasteiger charge is 2.30. The summed E-state index contributed by atoms with van der Waals surface area (Å²) in [5.41, 5.74) is 0.323. The lowest BCUT2D eigenvalue weighted by molar-refractivity contribution is -0.137. The van der Waals surface area contributed by atoms with Crippen molar-refractivity contribution >= 4 is 23.2 Å². The van der Waals surface area contributed by atoms with E-state index in [2.05, 4.69) is 31.1 Å². The molecule has 0 aliphatic rings. The number of nitrogens with one attached hydrogen (secondary N) is 3. The van der Waals surface area contributed by atoms with Gasteiger partial charge in [0.15, 0.2) is 5.82 Å². The smallest absolute Gasteiger partial charge is 0.367 e. The number of carbonyl (C=O) groups excluding carboxylic acids is 1. The predicted molar refractivity (Wildman–Crippen MR) is 106 cm³/mol. The molecule has 0 atom stereocenters. The number of alkyl halides is 3. The summed E-state index contributed by atoms with van der Waals surface area (Å²) in [4.78, 5) is 15.9. The van der Waals surface area contributed by atoms with Crippen LogP contribution in [0.2, 0.25) is 0 Å². The Balaban J connectivity index is 1.40. The molecule has 1 amide bonds. The van der Waals surface area contributed by atoms with Gasteiger partial charge >= 0.3 is 6.18 Å². The summed E-state index contributed by atoms with van der Waals surface area (Å²) < 4.78 is 38.2. The zero-order valence-electron chi connectivity index (χ0n) is 15.8. The molecule has 2 aromatic heterocycles. The van der Waals surface area contributed by atoms with E-state index in [0.29, 0.717) is 23.7 Å². The number of rotatable bonds is 8. The van der Waals surface area contributed by atoms with Gasteiger partial charge in [-0.25, -0.2) is 0 Å². The number of carbonyl (C=O) groups is 1. The zero-order valence-corrected chi connectivity index (χ0v) is 15.8. The van der Waals surface area contributed by atoms with E-state index in [0.717, 1.165) is 17.8 Å². The lowest BCUT2D eigenvalue weighted by atomic mass is 10.1. The highest BCUT2D eigenvalue weighted by atomic mass is 19.4. The second-order valence-corrected chi connectivity index (χ2v) is 6.32. The maximum atomic E-state index is 12.7. The maximum Gasteiger partial charge on any atom is 0.416 e. The third-order valence-electron chi connectivity index (χ3n) is 3.97. The van der Waals surface area contributed by atoms with Gasteiger partial charge in [-0.05, 0) is 35.9 Å². The van der Waals surface area contributed by atoms with Gasteiger partial charge in [-0.2, -0.15) is 13.2 Å². The van der Waals surface area contributed by atoms with Crippen LogP contribution in [0.3, 0.4) is 0 Å². The van der Waals surface area contributed by atoms with Crippen LogP contribution in [0.4, 0.5) is 30.5 Å². The fourth-order valence-electron chi connectivity index (χ4n) is 2.58. The van der Waals surface area contributed by atoms with Gasteiger partial charge in [0.05, 0.1) is 23.9 Å². The van der Waals surface area contributed by atoms with Crippen LogP contribution >= 0.6 is 0 Å². The van der Waals surface area contributed by atoms with Crippen molar-refractivity contribution in [1.29, 1.82) is 0 Å². The average Bonchev–Trinajstić information content (AvgIpc) is 2.73. The Bertz CT molecular complexity index is 964. The number of hydrogen-bond acceptors (Lipinski definition) is 6. The minimum Gasteiger partial charge on any atom is -0.367 e. The van der Waals surface area contributed by atoms with Gasteiger partial charge in [0.1, 0.15) is 5.82 Å². The standard InChI is InChI=1S/C20H19F3N6O/c21-20(22,23)15-4-1-3-14(11-15)12-19(30)26-10-9-25-17-6-7-18(29-28-17)27-16-5-2-8-24-13-16/h1-8,11,13H,9-10,12H2,(H,25,28)(H,26,30)(H,27,29). The van der Waals surface area contributed by atoms with Crippen molar-refractivity contribution in [2.75, 3.05) is 23.7 Å². The molecule has 0 unspecified atom stereocenters. The quantitative estimate of drug-likeness (QED) is 0.488. The van der Waals surface area contributed by atoms with E-state index in [4.69, 9.17) is 0 Å². The molecule has 3 aromatic rings. The highest BCUT2D eigenvalue weighted by molar-refractivity contribution is 5.78. The molecule has 30 heavy (non-hydrogen) atoms. The summed E-state index contributed by atoms with van der Waals surface area (Å²) in [7, 11) is 0. The van der Waals surface area contributed by atoms with Gasteiger partial charge in [0.25, 0.3) is 0 Å². The van der Waals surface area contributed by atoms with E-state index in [9.17, 15) is 18.0 Å². The number of hydrogen-bond donors (Lipinski definition) is 3. The van der Waals surface area contributed by atoms with E-state index >= 15 is 0 Å². The van der Waals surface area contributed by atoms with Gasteiger partial charge < -0.3 is 16.0 Å². The summed E-state index contributed by atoms with van der Waals surface area (Å²) in [6.45, 7) is 0.674. The average molecular weight is 416 g/mol. The van der Waals surface area contributed by atoms with E-state index in [1.165, 1.54) is 12.1 Å². The first-order valence-electron chi connectivity index (χ1n) is 9.07. The maximum absolute atomic E-state index is 12.7. The van der Waals surface area contributed by atoms with Crippen LogP contribution in [-0.2, 0) is 17.4 Å². The molecule has 0 bridgehead atoms. The molecule has 0 saturated heterocycles. The summed E-state index contributed by atoms with van der Waals surface area (Å²) in [5.74, 6) is 0.722. The van der Waals surface area contributed by atoms with Crippen LogP contribution in [-0.4, -0.2) is 34.2 Å². The third-order valence-corrected chi connectivity index (χ3v) is 3.97. The third kappa shape index (κ3) is 6.43. The highest BCUT2D eigenvalue weighted by Crippen LogP contribution is 2.29.